The van der Waals surface area contributed by atoms with Gasteiger partial charge in [0, 0.05) is 70.8 Å². The molecule has 31 heavy (non-hydrogen) atoms. The van der Waals surface area contributed by atoms with Gasteiger partial charge in [-0.05, 0) is 17.7 Å². The van der Waals surface area contributed by atoms with Gasteiger partial charge < -0.3 is 14.2 Å². The minimum atomic E-state index is 0.164. The summed E-state index contributed by atoms with van der Waals surface area (Å²) in [5.41, 5.74) is 1.53. The molecule has 2 aliphatic heterocycles. The van der Waals surface area contributed by atoms with E-state index in [0.29, 0.717) is 50.2 Å². The van der Waals surface area contributed by atoms with Crippen LogP contribution in [0.25, 0.3) is 0 Å². The maximum Gasteiger partial charge on any atom is 0.236 e. The van der Waals surface area contributed by atoms with Gasteiger partial charge in [0.2, 0.25) is 17.5 Å². The molecular formula is C22H27ClN6O2. The van der Waals surface area contributed by atoms with Crippen LogP contribution in [-0.4, -0.2) is 84.5 Å². The topological polar surface area (TPSA) is 79.9 Å². The minimum Gasteiger partial charge on any atom is -0.424 e. The van der Waals surface area contributed by atoms with E-state index in [1.165, 1.54) is 5.56 Å². The van der Waals surface area contributed by atoms with Gasteiger partial charge in [-0.25, -0.2) is 4.98 Å². The van der Waals surface area contributed by atoms with Crippen molar-refractivity contribution in [3.63, 3.8) is 0 Å². The zero-order valence-corrected chi connectivity index (χ0v) is 18.5. The number of piperazine rings is 2. The molecule has 1 aromatic carbocycles. The molecule has 0 radical (unpaired) electrons. The van der Waals surface area contributed by atoms with Crippen molar-refractivity contribution >= 4 is 23.4 Å². The monoisotopic (exact) mass is 442 g/mol. The number of oxazole rings is 1. The molecule has 0 bridgehead atoms. The Labute approximate surface area is 187 Å². The van der Waals surface area contributed by atoms with E-state index in [4.69, 9.17) is 16.0 Å². The summed E-state index contributed by atoms with van der Waals surface area (Å²) in [5.74, 6) is 1.17. The number of hydrogen-bond acceptors (Lipinski definition) is 7. The zero-order valence-electron chi connectivity index (χ0n) is 17.8. The molecule has 164 valence electrons. The van der Waals surface area contributed by atoms with Gasteiger partial charge >= 0.3 is 0 Å². The molecule has 2 fully saturated rings. The molecule has 0 atom stereocenters. The van der Waals surface area contributed by atoms with E-state index in [2.05, 4.69) is 26.9 Å². The SMILES string of the molecule is Cc1nc(C#N)c(N2CCN(C(=O)CN3CCN(Cc4cccc(Cl)c4)CC3)CC2)o1. The molecule has 9 heteroatoms. The van der Waals surface area contributed by atoms with Crippen LogP contribution in [0.3, 0.4) is 0 Å². The lowest BCUT2D eigenvalue weighted by Crippen LogP contribution is -2.53. The van der Waals surface area contributed by atoms with Crippen molar-refractivity contribution in [1.29, 1.82) is 5.26 Å². The number of nitriles is 1. The average molecular weight is 443 g/mol. The lowest BCUT2D eigenvalue weighted by molar-refractivity contribution is -0.133. The largest absolute Gasteiger partial charge is 0.424 e. The van der Waals surface area contributed by atoms with Crippen molar-refractivity contribution in [1.82, 2.24) is 19.7 Å². The third-order valence-electron chi connectivity index (χ3n) is 5.86. The summed E-state index contributed by atoms with van der Waals surface area (Å²) in [5, 5.41) is 9.99. The summed E-state index contributed by atoms with van der Waals surface area (Å²) >= 11 is 6.08. The summed E-state index contributed by atoms with van der Waals surface area (Å²) in [6.07, 6.45) is 0. The molecule has 4 rings (SSSR count). The van der Waals surface area contributed by atoms with Crippen molar-refractivity contribution in [2.75, 3.05) is 63.8 Å². The second-order valence-corrected chi connectivity index (χ2v) is 8.48. The van der Waals surface area contributed by atoms with Crippen LogP contribution in [-0.2, 0) is 11.3 Å². The van der Waals surface area contributed by atoms with Gasteiger partial charge in [-0.1, -0.05) is 23.7 Å². The Morgan fingerprint density at radius 2 is 1.84 bits per heavy atom. The van der Waals surface area contributed by atoms with E-state index >= 15 is 0 Å². The van der Waals surface area contributed by atoms with Gasteiger partial charge in [0.1, 0.15) is 6.07 Å². The van der Waals surface area contributed by atoms with Crippen LogP contribution < -0.4 is 4.90 Å². The molecule has 0 N–H and O–H groups in total. The molecule has 0 aliphatic carbocycles. The fraction of sp³-hybridized carbons (Fsp3) is 0.500. The molecular weight excluding hydrogens is 416 g/mol. The molecule has 0 spiro atoms. The van der Waals surface area contributed by atoms with Crippen LogP contribution in [0.5, 0.6) is 0 Å². The standard InChI is InChI=1S/C22H27ClN6O2/c1-17-25-20(14-24)22(31-17)29-11-9-28(10-12-29)21(30)16-27-7-5-26(6-8-27)15-18-3-2-4-19(23)13-18/h2-4,13H,5-12,15-16H2,1H3. The fourth-order valence-electron chi connectivity index (χ4n) is 4.15. The molecule has 8 nitrogen and oxygen atoms in total. The lowest BCUT2D eigenvalue weighted by Gasteiger charge is -2.38. The number of halogens is 1. The third kappa shape index (κ3) is 5.37. The Balaban J connectivity index is 1.21. The molecule has 2 aromatic rings. The van der Waals surface area contributed by atoms with Gasteiger partial charge in [-0.15, -0.1) is 0 Å². The number of rotatable bonds is 5. The van der Waals surface area contributed by atoms with Gasteiger partial charge in [0.25, 0.3) is 0 Å². The number of aromatic nitrogens is 1. The summed E-state index contributed by atoms with van der Waals surface area (Å²) in [6.45, 7) is 9.25. The van der Waals surface area contributed by atoms with E-state index in [1.54, 1.807) is 6.92 Å². The maximum absolute atomic E-state index is 12.8. The van der Waals surface area contributed by atoms with Crippen molar-refractivity contribution in [2.45, 2.75) is 13.5 Å². The number of carbonyl (C=O) groups is 1. The maximum atomic E-state index is 12.8. The fourth-order valence-corrected chi connectivity index (χ4v) is 4.37. The number of hydrogen-bond donors (Lipinski definition) is 0. The molecule has 0 unspecified atom stereocenters. The van der Waals surface area contributed by atoms with Crippen LogP contribution >= 0.6 is 11.6 Å². The zero-order chi connectivity index (χ0) is 21.8. The van der Waals surface area contributed by atoms with Crippen LogP contribution in [0.15, 0.2) is 28.7 Å². The molecule has 1 aromatic heterocycles. The number of nitrogens with zero attached hydrogens (tertiary/aromatic N) is 6. The first-order valence-electron chi connectivity index (χ1n) is 10.6. The van der Waals surface area contributed by atoms with E-state index in [-0.39, 0.29) is 5.91 Å². The predicted molar refractivity (Wildman–Crippen MR) is 118 cm³/mol. The quantitative estimate of drug-likeness (QED) is 0.700. The third-order valence-corrected chi connectivity index (χ3v) is 6.10. The van der Waals surface area contributed by atoms with E-state index in [0.717, 1.165) is 37.7 Å². The summed E-state index contributed by atoms with van der Waals surface area (Å²) in [7, 11) is 0. The number of anilines is 1. The Morgan fingerprint density at radius 1 is 1.13 bits per heavy atom. The minimum absolute atomic E-state index is 0.164. The first kappa shape index (κ1) is 21.6. The molecule has 1 amide bonds. The Hall–Kier alpha value is -2.60. The lowest BCUT2D eigenvalue weighted by atomic mass is 10.2. The van der Waals surface area contributed by atoms with Crippen molar-refractivity contribution in [2.24, 2.45) is 0 Å². The molecule has 2 saturated heterocycles. The summed E-state index contributed by atoms with van der Waals surface area (Å²) in [6, 6.07) is 10.1. The number of carbonyl (C=O) groups excluding carboxylic acids is 1. The predicted octanol–water partition coefficient (Wildman–Crippen LogP) is 1.97. The number of amides is 1. The van der Waals surface area contributed by atoms with Gasteiger partial charge in [0.15, 0.2) is 5.89 Å². The van der Waals surface area contributed by atoms with Crippen molar-refractivity contribution in [3.05, 3.63) is 46.4 Å². The van der Waals surface area contributed by atoms with Crippen LogP contribution in [0, 0.1) is 18.3 Å². The number of aryl methyl sites for hydroxylation is 1. The summed E-state index contributed by atoms with van der Waals surface area (Å²) < 4.78 is 5.59. The van der Waals surface area contributed by atoms with Crippen LogP contribution in [0.2, 0.25) is 5.02 Å². The normalized spacial score (nSPS) is 18.2. The second kappa shape index (κ2) is 9.69. The summed E-state index contributed by atoms with van der Waals surface area (Å²) in [4.78, 5) is 25.4. The van der Waals surface area contributed by atoms with Crippen molar-refractivity contribution in [3.8, 4) is 6.07 Å². The van der Waals surface area contributed by atoms with Crippen molar-refractivity contribution < 1.29 is 9.21 Å². The first-order valence-corrected chi connectivity index (χ1v) is 11.0. The van der Waals surface area contributed by atoms with E-state index in [9.17, 15) is 10.1 Å². The second-order valence-electron chi connectivity index (χ2n) is 8.05. The first-order chi connectivity index (χ1) is 15.0. The smallest absolute Gasteiger partial charge is 0.236 e. The Morgan fingerprint density at radius 3 is 2.52 bits per heavy atom. The van der Waals surface area contributed by atoms with E-state index in [1.807, 2.05) is 28.0 Å². The average Bonchev–Trinajstić information content (AvgIpc) is 3.16. The Bertz CT molecular complexity index is 955. The van der Waals surface area contributed by atoms with Gasteiger partial charge in [-0.3, -0.25) is 14.6 Å². The molecule has 0 saturated carbocycles. The van der Waals surface area contributed by atoms with Crippen LogP contribution in [0.4, 0.5) is 5.88 Å². The van der Waals surface area contributed by atoms with E-state index < -0.39 is 0 Å². The highest BCUT2D eigenvalue weighted by molar-refractivity contribution is 6.30. The van der Waals surface area contributed by atoms with Gasteiger partial charge in [-0.2, -0.15) is 5.26 Å². The van der Waals surface area contributed by atoms with Crippen LogP contribution in [0.1, 0.15) is 17.1 Å². The molecule has 3 heterocycles. The highest BCUT2D eigenvalue weighted by atomic mass is 35.5. The highest BCUT2D eigenvalue weighted by Gasteiger charge is 2.27. The van der Waals surface area contributed by atoms with Gasteiger partial charge in [0.05, 0.1) is 6.54 Å². The number of benzene rings is 1. The molecule has 2 aliphatic rings. The Kier molecular flexibility index (Phi) is 6.76. The highest BCUT2D eigenvalue weighted by Crippen LogP contribution is 2.22.